The summed E-state index contributed by atoms with van der Waals surface area (Å²) in [5.41, 5.74) is 2.16. The van der Waals surface area contributed by atoms with Crippen molar-refractivity contribution in [2.45, 2.75) is 51.9 Å². The highest BCUT2D eigenvalue weighted by Crippen LogP contribution is 2.51. The molecule has 1 aliphatic heterocycles. The molecule has 0 radical (unpaired) electrons. The van der Waals surface area contributed by atoms with E-state index in [1.807, 2.05) is 19.9 Å². The number of ether oxygens (including phenoxy) is 1. The Balaban J connectivity index is 1.61. The van der Waals surface area contributed by atoms with E-state index in [4.69, 9.17) is 4.74 Å². The van der Waals surface area contributed by atoms with Crippen molar-refractivity contribution in [1.82, 2.24) is 4.90 Å². The molecule has 1 aliphatic carbocycles. The first-order chi connectivity index (χ1) is 10.5. The molecule has 0 unspecified atom stereocenters. The summed E-state index contributed by atoms with van der Waals surface area (Å²) in [7, 11) is 0. The lowest BCUT2D eigenvalue weighted by atomic mass is 9.58. The Morgan fingerprint density at radius 2 is 2.09 bits per heavy atom. The number of hydrogen-bond donors (Lipinski definition) is 1. The van der Waals surface area contributed by atoms with Crippen LogP contribution < -0.4 is 0 Å². The van der Waals surface area contributed by atoms with Gasteiger partial charge in [-0.15, -0.1) is 0 Å². The van der Waals surface area contributed by atoms with Crippen LogP contribution in [0.1, 0.15) is 37.3 Å². The maximum Gasteiger partial charge on any atom is 0.123 e. The van der Waals surface area contributed by atoms with Crippen LogP contribution in [0.15, 0.2) is 18.2 Å². The van der Waals surface area contributed by atoms with Crippen LogP contribution in [0.5, 0.6) is 0 Å². The first-order valence-electron chi connectivity index (χ1n) is 8.32. The molecule has 3 rings (SSSR count). The average molecular weight is 307 g/mol. The summed E-state index contributed by atoms with van der Waals surface area (Å²) in [6, 6.07) is 5.00. The van der Waals surface area contributed by atoms with Gasteiger partial charge in [0.1, 0.15) is 5.82 Å². The maximum atomic E-state index is 13.4. The molecule has 4 heteroatoms. The number of aliphatic hydroxyl groups is 1. The fourth-order valence-corrected chi connectivity index (χ4v) is 4.00. The summed E-state index contributed by atoms with van der Waals surface area (Å²) in [4.78, 5) is 2.36. The van der Waals surface area contributed by atoms with Crippen molar-refractivity contribution < 1.29 is 14.2 Å². The predicted molar refractivity (Wildman–Crippen MR) is 84.1 cm³/mol. The van der Waals surface area contributed by atoms with Crippen LogP contribution in [0, 0.1) is 18.2 Å². The molecule has 1 aromatic rings. The lowest BCUT2D eigenvalue weighted by molar-refractivity contribution is -0.209. The number of nitrogens with zero attached hydrogens (tertiary/aromatic N) is 1. The van der Waals surface area contributed by atoms with Gasteiger partial charge >= 0.3 is 0 Å². The molecule has 1 aromatic carbocycles. The molecule has 0 bridgehead atoms. The largest absolute Gasteiger partial charge is 0.392 e. The Bertz CT molecular complexity index is 524. The van der Waals surface area contributed by atoms with Crippen molar-refractivity contribution in [3.8, 4) is 0 Å². The maximum absolute atomic E-state index is 13.4. The van der Waals surface area contributed by atoms with Crippen LogP contribution >= 0.6 is 0 Å². The van der Waals surface area contributed by atoms with Crippen LogP contribution in [0.25, 0.3) is 0 Å². The van der Waals surface area contributed by atoms with E-state index in [1.54, 1.807) is 6.07 Å². The molecule has 2 aliphatic rings. The van der Waals surface area contributed by atoms with Crippen LogP contribution in [-0.2, 0) is 11.3 Å². The number of aliphatic hydroxyl groups excluding tert-OH is 1. The van der Waals surface area contributed by atoms with Crippen molar-refractivity contribution in [2.75, 3.05) is 19.7 Å². The van der Waals surface area contributed by atoms with E-state index < -0.39 is 0 Å². The number of hydrogen-bond acceptors (Lipinski definition) is 3. The van der Waals surface area contributed by atoms with Gasteiger partial charge in [0.15, 0.2) is 0 Å². The molecule has 1 saturated heterocycles. The molecule has 1 spiro atoms. The van der Waals surface area contributed by atoms with E-state index in [9.17, 15) is 9.50 Å². The molecule has 1 N–H and O–H groups in total. The number of halogens is 1. The van der Waals surface area contributed by atoms with Gasteiger partial charge in [0, 0.05) is 25.0 Å². The Morgan fingerprint density at radius 3 is 2.73 bits per heavy atom. The number of likely N-dealkylation sites (tertiary alicyclic amines) is 1. The molecule has 122 valence electrons. The monoisotopic (exact) mass is 307 g/mol. The zero-order valence-electron chi connectivity index (χ0n) is 13.5. The third-order valence-corrected chi connectivity index (χ3v) is 5.60. The fourth-order valence-electron chi connectivity index (χ4n) is 4.00. The average Bonchev–Trinajstić information content (AvgIpc) is 2.51. The smallest absolute Gasteiger partial charge is 0.123 e. The van der Waals surface area contributed by atoms with Crippen molar-refractivity contribution in [3.63, 3.8) is 0 Å². The summed E-state index contributed by atoms with van der Waals surface area (Å²) in [5.74, 6) is -0.167. The second-order valence-corrected chi connectivity index (χ2v) is 6.78. The normalized spacial score (nSPS) is 27.8. The standard InChI is InChI=1S/C18H26FNO2/c1-3-22-17-11-16(21)18(17)6-8-20(9-7-18)12-14-10-15(19)5-4-13(14)2/h4-5,10,16-17,21H,3,6-9,11-12H2,1-2H3/t16-,17+/m1/s1. The molecule has 22 heavy (non-hydrogen) atoms. The first-order valence-corrected chi connectivity index (χ1v) is 8.32. The van der Waals surface area contributed by atoms with E-state index in [0.717, 1.165) is 50.0 Å². The number of aryl methyl sites for hydroxylation is 1. The van der Waals surface area contributed by atoms with Crippen molar-refractivity contribution >= 4 is 0 Å². The summed E-state index contributed by atoms with van der Waals surface area (Å²) in [6.07, 6.45) is 2.70. The van der Waals surface area contributed by atoms with E-state index in [-0.39, 0.29) is 23.4 Å². The zero-order valence-corrected chi connectivity index (χ0v) is 13.5. The molecule has 2 atom stereocenters. The molecular formula is C18H26FNO2. The Labute approximate surface area is 132 Å². The fraction of sp³-hybridized carbons (Fsp3) is 0.667. The topological polar surface area (TPSA) is 32.7 Å². The highest BCUT2D eigenvalue weighted by Gasteiger charge is 2.55. The molecule has 3 nitrogen and oxygen atoms in total. The van der Waals surface area contributed by atoms with E-state index in [2.05, 4.69) is 4.90 Å². The third kappa shape index (κ3) is 2.80. The van der Waals surface area contributed by atoms with Gasteiger partial charge in [-0.1, -0.05) is 6.07 Å². The Morgan fingerprint density at radius 1 is 1.36 bits per heavy atom. The van der Waals surface area contributed by atoms with E-state index >= 15 is 0 Å². The van der Waals surface area contributed by atoms with E-state index in [0.29, 0.717) is 6.61 Å². The van der Waals surface area contributed by atoms with Gasteiger partial charge < -0.3 is 9.84 Å². The van der Waals surface area contributed by atoms with Gasteiger partial charge in [0.05, 0.1) is 12.2 Å². The number of rotatable bonds is 4. The van der Waals surface area contributed by atoms with Crippen molar-refractivity contribution in [3.05, 3.63) is 35.1 Å². The lowest BCUT2D eigenvalue weighted by Crippen LogP contribution is -2.62. The van der Waals surface area contributed by atoms with E-state index in [1.165, 1.54) is 6.07 Å². The minimum absolute atomic E-state index is 0.0382. The zero-order chi connectivity index (χ0) is 15.7. The Hall–Kier alpha value is -0.970. The lowest BCUT2D eigenvalue weighted by Gasteiger charge is -2.56. The quantitative estimate of drug-likeness (QED) is 0.928. The molecule has 0 aromatic heterocycles. The van der Waals surface area contributed by atoms with Crippen LogP contribution in [0.4, 0.5) is 4.39 Å². The van der Waals surface area contributed by atoms with Gasteiger partial charge in [0.25, 0.3) is 0 Å². The second kappa shape index (κ2) is 6.26. The Kier molecular flexibility index (Phi) is 4.53. The number of piperidine rings is 1. The highest BCUT2D eigenvalue weighted by molar-refractivity contribution is 5.26. The van der Waals surface area contributed by atoms with Gasteiger partial charge in [-0.25, -0.2) is 4.39 Å². The van der Waals surface area contributed by atoms with Crippen LogP contribution in [0.3, 0.4) is 0 Å². The second-order valence-electron chi connectivity index (χ2n) is 6.78. The minimum Gasteiger partial charge on any atom is -0.392 e. The third-order valence-electron chi connectivity index (χ3n) is 5.60. The molecular weight excluding hydrogens is 281 g/mol. The highest BCUT2D eigenvalue weighted by atomic mass is 19.1. The van der Waals surface area contributed by atoms with Crippen LogP contribution in [0.2, 0.25) is 0 Å². The molecule has 0 amide bonds. The predicted octanol–water partition coefficient (Wildman–Crippen LogP) is 2.89. The number of benzene rings is 1. The van der Waals surface area contributed by atoms with Gasteiger partial charge in [-0.3, -0.25) is 4.90 Å². The van der Waals surface area contributed by atoms with Crippen molar-refractivity contribution in [1.29, 1.82) is 0 Å². The van der Waals surface area contributed by atoms with Crippen molar-refractivity contribution in [2.24, 2.45) is 5.41 Å². The summed E-state index contributed by atoms with van der Waals surface area (Å²) in [6.45, 7) is 7.43. The summed E-state index contributed by atoms with van der Waals surface area (Å²) in [5, 5.41) is 10.2. The SMILES string of the molecule is CCO[C@H]1C[C@@H](O)C12CCN(Cc1cc(F)ccc1C)CC2. The van der Waals surface area contributed by atoms with Gasteiger partial charge in [0.2, 0.25) is 0 Å². The minimum atomic E-state index is -0.220. The molecule has 1 saturated carbocycles. The van der Waals surface area contributed by atoms with Gasteiger partial charge in [-0.2, -0.15) is 0 Å². The summed E-state index contributed by atoms with van der Waals surface area (Å²) < 4.78 is 19.2. The first kappa shape index (κ1) is 15.9. The molecule has 2 fully saturated rings. The van der Waals surface area contributed by atoms with Gasteiger partial charge in [-0.05, 0) is 63.0 Å². The summed E-state index contributed by atoms with van der Waals surface area (Å²) >= 11 is 0. The molecule has 1 heterocycles. The van der Waals surface area contributed by atoms with Crippen LogP contribution in [-0.4, -0.2) is 41.9 Å².